The van der Waals surface area contributed by atoms with Gasteiger partial charge in [0.25, 0.3) is 5.91 Å². The maximum atomic E-state index is 12.9. The van der Waals surface area contributed by atoms with E-state index in [1.54, 1.807) is 36.7 Å². The molecule has 0 saturated heterocycles. The number of carbonyl (C=O) groups is 2. The number of rotatable bonds is 5. The Kier molecular flexibility index (Phi) is 5.53. The van der Waals surface area contributed by atoms with Crippen LogP contribution in [0.2, 0.25) is 5.02 Å². The molecule has 0 aliphatic heterocycles. The Bertz CT molecular complexity index is 1220. The van der Waals surface area contributed by atoms with E-state index in [4.69, 9.17) is 20.8 Å². The average Bonchev–Trinajstić information content (AvgIpc) is 3.41. The molecule has 0 atom stereocenters. The molecule has 5 nitrogen and oxygen atoms in total. The zero-order valence-electron chi connectivity index (χ0n) is 15.1. The fourth-order valence-corrected chi connectivity index (χ4v) is 5.09. The lowest BCUT2D eigenvalue weighted by atomic mass is 10.0. The third-order valence-corrected chi connectivity index (χ3v) is 6.39. The summed E-state index contributed by atoms with van der Waals surface area (Å²) >= 11 is 8.82. The van der Waals surface area contributed by atoms with E-state index in [0.717, 1.165) is 15.0 Å². The van der Waals surface area contributed by atoms with Gasteiger partial charge in [0.2, 0.25) is 0 Å². The molecule has 0 aliphatic carbocycles. The van der Waals surface area contributed by atoms with Gasteiger partial charge >= 0.3 is 5.97 Å². The molecule has 0 fully saturated rings. The highest BCUT2D eigenvalue weighted by atomic mass is 35.5. The lowest BCUT2D eigenvalue weighted by molar-refractivity contribution is -0.131. The lowest BCUT2D eigenvalue weighted by Gasteiger charge is -2.07. The van der Waals surface area contributed by atoms with Crippen molar-refractivity contribution in [1.29, 1.82) is 0 Å². The van der Waals surface area contributed by atoms with Gasteiger partial charge in [-0.3, -0.25) is 9.59 Å². The lowest BCUT2D eigenvalue weighted by Crippen LogP contribution is -2.18. The third kappa shape index (κ3) is 4.12. The van der Waals surface area contributed by atoms with Gasteiger partial charge in [0.05, 0.1) is 11.0 Å². The standard InChI is InChI=1S/C21H14ClNO4S2/c1-12(24)27-18-19-17(7-9-28-19)29-20(18)21(25)23-11-15(16-6-3-8-26-16)13-4-2-5-14(22)10-13/h2-11H,1H3,(H,23,25). The highest BCUT2D eigenvalue weighted by molar-refractivity contribution is 7.28. The molecular weight excluding hydrogens is 430 g/mol. The van der Waals surface area contributed by atoms with Crippen LogP contribution in [0.3, 0.4) is 0 Å². The van der Waals surface area contributed by atoms with E-state index in [0.29, 0.717) is 27.0 Å². The smallest absolute Gasteiger partial charge is 0.308 e. The minimum atomic E-state index is -0.474. The predicted octanol–water partition coefficient (Wildman–Crippen LogP) is 5.95. The number of carbonyl (C=O) groups excluding carboxylic acids is 2. The van der Waals surface area contributed by atoms with Crippen LogP contribution in [0.25, 0.3) is 15.0 Å². The minimum absolute atomic E-state index is 0.292. The normalized spacial score (nSPS) is 11.6. The van der Waals surface area contributed by atoms with E-state index in [1.807, 2.05) is 23.6 Å². The SMILES string of the molecule is CC(=O)Oc1c(C(=O)NC=C(c2cccc(Cl)c2)c2ccco2)sc2ccsc12. The van der Waals surface area contributed by atoms with E-state index in [1.165, 1.54) is 29.6 Å². The molecule has 0 aliphatic rings. The van der Waals surface area contributed by atoms with Crippen LogP contribution in [-0.4, -0.2) is 11.9 Å². The fourth-order valence-electron chi connectivity index (χ4n) is 2.78. The fraction of sp³-hybridized carbons (Fsp3) is 0.0476. The van der Waals surface area contributed by atoms with Crippen molar-refractivity contribution in [2.75, 3.05) is 0 Å². The third-order valence-electron chi connectivity index (χ3n) is 3.98. The van der Waals surface area contributed by atoms with Crippen LogP contribution in [0.1, 0.15) is 27.9 Å². The predicted molar refractivity (Wildman–Crippen MR) is 116 cm³/mol. The molecule has 1 aromatic carbocycles. The van der Waals surface area contributed by atoms with Crippen molar-refractivity contribution in [3.63, 3.8) is 0 Å². The number of hydrogen-bond donors (Lipinski definition) is 1. The molecule has 3 aromatic heterocycles. The zero-order chi connectivity index (χ0) is 20.4. The Labute approximate surface area is 179 Å². The van der Waals surface area contributed by atoms with E-state index in [-0.39, 0.29) is 5.91 Å². The summed E-state index contributed by atoms with van der Waals surface area (Å²) in [5.74, 6) is 0.0271. The molecule has 29 heavy (non-hydrogen) atoms. The molecule has 146 valence electrons. The molecular formula is C21H14ClNO4S2. The van der Waals surface area contributed by atoms with Crippen LogP contribution < -0.4 is 10.1 Å². The molecule has 1 N–H and O–H groups in total. The molecule has 0 radical (unpaired) electrons. The molecule has 4 aromatic rings. The highest BCUT2D eigenvalue weighted by Gasteiger charge is 2.22. The summed E-state index contributed by atoms with van der Waals surface area (Å²) < 4.78 is 12.5. The number of hydrogen-bond acceptors (Lipinski definition) is 6. The number of benzene rings is 1. The van der Waals surface area contributed by atoms with Gasteiger partial charge in [-0.25, -0.2) is 0 Å². The Morgan fingerprint density at radius 2 is 2.07 bits per heavy atom. The van der Waals surface area contributed by atoms with Gasteiger partial charge in [0.1, 0.15) is 10.6 Å². The van der Waals surface area contributed by atoms with E-state index >= 15 is 0 Å². The van der Waals surface area contributed by atoms with Gasteiger partial charge in [-0.2, -0.15) is 0 Å². The number of esters is 1. The van der Waals surface area contributed by atoms with E-state index in [9.17, 15) is 9.59 Å². The Morgan fingerprint density at radius 1 is 1.21 bits per heavy atom. The van der Waals surface area contributed by atoms with Crippen molar-refractivity contribution in [2.45, 2.75) is 6.92 Å². The first-order valence-electron chi connectivity index (χ1n) is 8.52. The van der Waals surface area contributed by atoms with Crippen molar-refractivity contribution in [3.8, 4) is 5.75 Å². The second-order valence-corrected chi connectivity index (χ2v) is 8.39. The summed E-state index contributed by atoms with van der Waals surface area (Å²) in [6.45, 7) is 1.31. The van der Waals surface area contributed by atoms with Crippen LogP contribution in [0.5, 0.6) is 5.75 Å². The molecule has 3 heterocycles. The van der Waals surface area contributed by atoms with Gasteiger partial charge in [-0.05, 0) is 41.3 Å². The summed E-state index contributed by atoms with van der Waals surface area (Å²) in [6, 6.07) is 12.7. The number of amides is 1. The Hall–Kier alpha value is -2.87. The maximum absolute atomic E-state index is 12.9. The molecule has 4 rings (SSSR count). The number of fused-ring (bicyclic) bond motifs is 1. The summed E-state index contributed by atoms with van der Waals surface area (Å²) in [5.41, 5.74) is 1.46. The van der Waals surface area contributed by atoms with Crippen LogP contribution in [-0.2, 0) is 4.79 Å². The zero-order valence-corrected chi connectivity index (χ0v) is 17.5. The number of furan rings is 1. The largest absolute Gasteiger partial charge is 0.464 e. The second-order valence-electron chi connectivity index (χ2n) is 5.99. The maximum Gasteiger partial charge on any atom is 0.308 e. The molecule has 0 unspecified atom stereocenters. The minimum Gasteiger partial charge on any atom is -0.464 e. The molecule has 0 spiro atoms. The summed E-state index contributed by atoms with van der Waals surface area (Å²) in [5, 5.41) is 5.25. The molecule has 8 heteroatoms. The van der Waals surface area contributed by atoms with Crippen LogP contribution in [0.4, 0.5) is 0 Å². The Balaban J connectivity index is 1.69. The Morgan fingerprint density at radius 3 is 2.79 bits per heavy atom. The van der Waals surface area contributed by atoms with Gasteiger partial charge in [0, 0.05) is 28.4 Å². The van der Waals surface area contributed by atoms with Crippen LogP contribution in [0.15, 0.2) is 64.7 Å². The number of halogens is 1. The van der Waals surface area contributed by atoms with Gasteiger partial charge in [-0.1, -0.05) is 23.7 Å². The van der Waals surface area contributed by atoms with Gasteiger partial charge in [0.15, 0.2) is 5.75 Å². The molecule has 0 bridgehead atoms. The first-order valence-corrected chi connectivity index (χ1v) is 10.6. The van der Waals surface area contributed by atoms with E-state index in [2.05, 4.69) is 5.32 Å². The quantitative estimate of drug-likeness (QED) is 0.387. The highest BCUT2D eigenvalue weighted by Crippen LogP contribution is 2.41. The van der Waals surface area contributed by atoms with Crippen molar-refractivity contribution < 1.29 is 18.7 Å². The van der Waals surface area contributed by atoms with Gasteiger partial charge < -0.3 is 14.5 Å². The van der Waals surface area contributed by atoms with Crippen LogP contribution >= 0.6 is 34.3 Å². The molecule has 0 saturated carbocycles. The van der Waals surface area contributed by atoms with Crippen LogP contribution in [0, 0.1) is 0 Å². The van der Waals surface area contributed by atoms with Crippen molar-refractivity contribution in [1.82, 2.24) is 5.32 Å². The number of thiophene rings is 2. The van der Waals surface area contributed by atoms with E-state index < -0.39 is 5.97 Å². The number of ether oxygens (including phenoxy) is 1. The molecule has 1 amide bonds. The first kappa shape index (κ1) is 19.4. The summed E-state index contributed by atoms with van der Waals surface area (Å²) in [4.78, 5) is 24.7. The van der Waals surface area contributed by atoms with Crippen molar-refractivity contribution >= 4 is 61.1 Å². The topological polar surface area (TPSA) is 68.5 Å². The summed E-state index contributed by atoms with van der Waals surface area (Å²) in [7, 11) is 0. The van der Waals surface area contributed by atoms with Gasteiger partial charge in [-0.15, -0.1) is 22.7 Å². The first-order chi connectivity index (χ1) is 14.0. The second kappa shape index (κ2) is 8.24. The summed E-state index contributed by atoms with van der Waals surface area (Å²) in [6.07, 6.45) is 3.12. The average molecular weight is 444 g/mol. The van der Waals surface area contributed by atoms with Crippen molar-refractivity contribution in [3.05, 3.63) is 81.5 Å². The monoisotopic (exact) mass is 443 g/mol. The number of nitrogens with one attached hydrogen (secondary N) is 1. The van der Waals surface area contributed by atoms with Crippen molar-refractivity contribution in [2.24, 2.45) is 0 Å².